The molecule has 3 aromatic rings. The Kier molecular flexibility index (Phi) is 4.64. The van der Waals surface area contributed by atoms with Gasteiger partial charge in [-0.1, -0.05) is 12.1 Å². The number of aromatic hydroxyl groups is 1. The summed E-state index contributed by atoms with van der Waals surface area (Å²) in [5.41, 5.74) is 1.19. The van der Waals surface area contributed by atoms with Crippen LogP contribution in [0.1, 0.15) is 27.0 Å². The predicted octanol–water partition coefficient (Wildman–Crippen LogP) is 2.16. The van der Waals surface area contributed by atoms with Crippen LogP contribution in [0, 0.1) is 0 Å². The molecule has 2 amide bonds. The first kappa shape index (κ1) is 17.3. The highest BCUT2D eigenvalue weighted by Gasteiger charge is 2.33. The van der Waals surface area contributed by atoms with E-state index in [1.165, 1.54) is 12.1 Å². The average Bonchev–Trinajstić information content (AvgIpc) is 3.36. The first-order valence-electron chi connectivity index (χ1n) is 8.52. The number of amides is 2. The predicted molar refractivity (Wildman–Crippen MR) is 100 cm³/mol. The molecule has 0 radical (unpaired) electrons. The number of nitrogens with zero attached hydrogens (tertiary/aromatic N) is 3. The van der Waals surface area contributed by atoms with Crippen molar-refractivity contribution in [2.45, 2.75) is 19.1 Å². The summed E-state index contributed by atoms with van der Waals surface area (Å²) < 4.78 is 1.68. The SMILES string of the molecule is O=C(NCc1cccs1)[C@H]1CN(C(=O)c2cccc(O)c2)Cc2ccnn21. The van der Waals surface area contributed by atoms with Crippen LogP contribution in [0.4, 0.5) is 0 Å². The zero-order valence-corrected chi connectivity index (χ0v) is 15.2. The Hall–Kier alpha value is -3.13. The van der Waals surface area contributed by atoms with Crippen molar-refractivity contribution in [1.82, 2.24) is 20.0 Å². The summed E-state index contributed by atoms with van der Waals surface area (Å²) in [6.07, 6.45) is 1.64. The first-order valence-corrected chi connectivity index (χ1v) is 9.40. The molecular formula is C19H18N4O3S. The van der Waals surface area contributed by atoms with Crippen LogP contribution in [-0.4, -0.2) is 38.1 Å². The third kappa shape index (κ3) is 3.56. The van der Waals surface area contributed by atoms with Gasteiger partial charge in [-0.05, 0) is 35.7 Å². The summed E-state index contributed by atoms with van der Waals surface area (Å²) in [6, 6.07) is 11.3. The van der Waals surface area contributed by atoms with E-state index in [2.05, 4.69) is 10.4 Å². The molecule has 2 aromatic heterocycles. The number of carbonyl (C=O) groups excluding carboxylic acids is 2. The molecule has 1 atom stereocenters. The summed E-state index contributed by atoms with van der Waals surface area (Å²) in [6.45, 7) is 1.03. The second kappa shape index (κ2) is 7.24. The molecule has 27 heavy (non-hydrogen) atoms. The van der Waals surface area contributed by atoms with Crippen molar-refractivity contribution in [3.63, 3.8) is 0 Å². The molecule has 7 nitrogen and oxygen atoms in total. The molecule has 0 unspecified atom stereocenters. The Balaban J connectivity index is 1.53. The molecule has 3 heterocycles. The van der Waals surface area contributed by atoms with Gasteiger partial charge in [-0.15, -0.1) is 11.3 Å². The summed E-state index contributed by atoms with van der Waals surface area (Å²) in [4.78, 5) is 28.3. The van der Waals surface area contributed by atoms with Crippen LogP contribution in [0.5, 0.6) is 5.75 Å². The molecule has 0 saturated heterocycles. The molecule has 4 rings (SSSR count). The molecule has 1 aliphatic heterocycles. The van der Waals surface area contributed by atoms with E-state index >= 15 is 0 Å². The van der Waals surface area contributed by atoms with Gasteiger partial charge in [-0.3, -0.25) is 14.3 Å². The van der Waals surface area contributed by atoms with Crippen molar-refractivity contribution < 1.29 is 14.7 Å². The number of benzene rings is 1. The molecule has 0 saturated carbocycles. The van der Waals surface area contributed by atoms with Gasteiger partial charge in [0.2, 0.25) is 5.91 Å². The van der Waals surface area contributed by atoms with Crippen molar-refractivity contribution in [1.29, 1.82) is 0 Å². The largest absolute Gasteiger partial charge is 0.508 e. The minimum Gasteiger partial charge on any atom is -0.508 e. The van der Waals surface area contributed by atoms with Gasteiger partial charge < -0.3 is 15.3 Å². The highest BCUT2D eigenvalue weighted by molar-refractivity contribution is 7.09. The molecule has 138 valence electrons. The van der Waals surface area contributed by atoms with Crippen molar-refractivity contribution in [3.05, 3.63) is 70.2 Å². The van der Waals surface area contributed by atoms with Crippen LogP contribution >= 0.6 is 11.3 Å². The van der Waals surface area contributed by atoms with Gasteiger partial charge in [-0.25, -0.2) is 0 Å². The van der Waals surface area contributed by atoms with E-state index in [1.54, 1.807) is 45.3 Å². The van der Waals surface area contributed by atoms with E-state index in [0.29, 0.717) is 18.7 Å². The fourth-order valence-corrected chi connectivity index (χ4v) is 3.81. The van der Waals surface area contributed by atoms with Gasteiger partial charge >= 0.3 is 0 Å². The Morgan fingerprint density at radius 2 is 2.15 bits per heavy atom. The van der Waals surface area contributed by atoms with Crippen molar-refractivity contribution in [2.75, 3.05) is 6.54 Å². The molecular weight excluding hydrogens is 364 g/mol. The Labute approximate surface area is 159 Å². The van der Waals surface area contributed by atoms with Gasteiger partial charge in [0.05, 0.1) is 25.3 Å². The van der Waals surface area contributed by atoms with E-state index in [0.717, 1.165) is 10.6 Å². The monoisotopic (exact) mass is 382 g/mol. The minimum absolute atomic E-state index is 0.0353. The molecule has 2 N–H and O–H groups in total. The van der Waals surface area contributed by atoms with E-state index in [-0.39, 0.29) is 24.1 Å². The van der Waals surface area contributed by atoms with Crippen LogP contribution in [-0.2, 0) is 17.9 Å². The number of hydrogen-bond donors (Lipinski definition) is 2. The molecule has 0 aliphatic carbocycles. The van der Waals surface area contributed by atoms with Crippen LogP contribution in [0.15, 0.2) is 54.0 Å². The zero-order valence-electron chi connectivity index (χ0n) is 14.4. The van der Waals surface area contributed by atoms with Crippen LogP contribution < -0.4 is 5.32 Å². The second-order valence-corrected chi connectivity index (χ2v) is 7.35. The van der Waals surface area contributed by atoms with Gasteiger partial charge in [0, 0.05) is 16.6 Å². The lowest BCUT2D eigenvalue weighted by Gasteiger charge is -2.33. The Morgan fingerprint density at radius 1 is 1.26 bits per heavy atom. The third-order valence-corrected chi connectivity index (χ3v) is 5.37. The van der Waals surface area contributed by atoms with Crippen molar-refractivity contribution in [3.8, 4) is 5.75 Å². The average molecular weight is 382 g/mol. The molecule has 8 heteroatoms. The molecule has 0 spiro atoms. The quantitative estimate of drug-likeness (QED) is 0.724. The molecule has 1 aliphatic rings. The number of carbonyl (C=O) groups is 2. The lowest BCUT2D eigenvalue weighted by Crippen LogP contribution is -2.46. The molecule has 0 bridgehead atoms. The highest BCUT2D eigenvalue weighted by Crippen LogP contribution is 2.23. The number of nitrogens with one attached hydrogen (secondary N) is 1. The summed E-state index contributed by atoms with van der Waals surface area (Å²) in [5, 5.41) is 18.8. The third-order valence-electron chi connectivity index (χ3n) is 4.49. The maximum atomic E-state index is 12.9. The van der Waals surface area contributed by atoms with Crippen LogP contribution in [0.25, 0.3) is 0 Å². The second-order valence-electron chi connectivity index (χ2n) is 6.32. The maximum absolute atomic E-state index is 12.9. The van der Waals surface area contributed by atoms with Gasteiger partial charge in [0.25, 0.3) is 5.91 Å². The van der Waals surface area contributed by atoms with Crippen molar-refractivity contribution in [2.24, 2.45) is 0 Å². The fourth-order valence-electron chi connectivity index (χ4n) is 3.17. The lowest BCUT2D eigenvalue weighted by atomic mass is 10.1. The number of thiophene rings is 1. The van der Waals surface area contributed by atoms with Gasteiger partial charge in [-0.2, -0.15) is 5.10 Å². The molecule has 0 fully saturated rings. The number of aromatic nitrogens is 2. The van der Waals surface area contributed by atoms with Crippen molar-refractivity contribution >= 4 is 23.2 Å². The number of phenolic OH excluding ortho intramolecular Hbond substituents is 1. The van der Waals surface area contributed by atoms with E-state index in [9.17, 15) is 14.7 Å². The minimum atomic E-state index is -0.593. The van der Waals surface area contributed by atoms with E-state index in [4.69, 9.17) is 0 Å². The summed E-state index contributed by atoms with van der Waals surface area (Å²) in [5.74, 6) is -0.371. The zero-order chi connectivity index (χ0) is 18.8. The molecule has 1 aromatic carbocycles. The number of hydrogen-bond acceptors (Lipinski definition) is 5. The Bertz CT molecular complexity index is 967. The number of fused-ring (bicyclic) bond motifs is 1. The van der Waals surface area contributed by atoms with Gasteiger partial charge in [0.1, 0.15) is 11.8 Å². The maximum Gasteiger partial charge on any atom is 0.254 e. The highest BCUT2D eigenvalue weighted by atomic mass is 32.1. The number of phenols is 1. The number of rotatable bonds is 4. The first-order chi connectivity index (χ1) is 13.1. The topological polar surface area (TPSA) is 87.5 Å². The van der Waals surface area contributed by atoms with Crippen LogP contribution in [0.3, 0.4) is 0 Å². The van der Waals surface area contributed by atoms with Gasteiger partial charge in [0.15, 0.2) is 0 Å². The van der Waals surface area contributed by atoms with E-state index < -0.39 is 6.04 Å². The summed E-state index contributed by atoms with van der Waals surface area (Å²) in [7, 11) is 0. The fraction of sp³-hybridized carbons (Fsp3) is 0.211. The lowest BCUT2D eigenvalue weighted by molar-refractivity contribution is -0.125. The van der Waals surface area contributed by atoms with Crippen LogP contribution in [0.2, 0.25) is 0 Å². The smallest absolute Gasteiger partial charge is 0.254 e. The normalized spacial score (nSPS) is 16.0. The Morgan fingerprint density at radius 3 is 2.93 bits per heavy atom. The summed E-state index contributed by atoms with van der Waals surface area (Å²) >= 11 is 1.58. The van der Waals surface area contributed by atoms with E-state index in [1.807, 2.05) is 17.5 Å². The standard InChI is InChI=1S/C19H18N4O3S/c24-15-4-1-3-13(9-15)19(26)22-11-14-6-7-21-23(14)17(12-22)18(25)20-10-16-5-2-8-27-16/h1-9,17,24H,10-12H2,(H,20,25)/t17-/m1/s1.